The van der Waals surface area contributed by atoms with Gasteiger partial charge in [-0.2, -0.15) is 13.2 Å². The average molecular weight is 425 g/mol. The smallest absolute Gasteiger partial charge is 0.206 e. The molecular formula is C26H36F4. The van der Waals surface area contributed by atoms with Crippen LogP contribution in [0.4, 0.5) is 17.6 Å². The molecule has 1 aromatic rings. The Morgan fingerprint density at radius 3 is 1.97 bits per heavy atom. The maximum atomic E-state index is 13.8. The predicted molar refractivity (Wildman–Crippen MR) is 113 cm³/mol. The molecule has 30 heavy (non-hydrogen) atoms. The molecule has 0 bridgehead atoms. The third-order valence-electron chi connectivity index (χ3n) is 8.63. The summed E-state index contributed by atoms with van der Waals surface area (Å²) in [6.07, 6.45) is 10.7. The van der Waals surface area contributed by atoms with Crippen LogP contribution in [0.3, 0.4) is 0 Å². The Morgan fingerprint density at radius 2 is 1.43 bits per heavy atom. The van der Waals surface area contributed by atoms with E-state index >= 15 is 0 Å². The summed E-state index contributed by atoms with van der Waals surface area (Å²) in [6.45, 7) is 2.31. The standard InChI is InChI=1S/C26H36F4/c1-2-3-17-6-11-22-20(14-17)9-10-21-15-18(7-12-23(21)22)4-5-19-8-13-24(25(27)16-19)26(28,29)30/h8,13,16-18,20-23H,2-7,9-12,14-15H2,1H3/t17-,18?,20-,21+,22+,23+/m1/s1. The summed E-state index contributed by atoms with van der Waals surface area (Å²) in [6, 6.07) is 3.45. The van der Waals surface area contributed by atoms with Crippen LogP contribution >= 0.6 is 0 Å². The Hall–Kier alpha value is -1.06. The Morgan fingerprint density at radius 1 is 0.833 bits per heavy atom. The number of alkyl halides is 3. The van der Waals surface area contributed by atoms with Gasteiger partial charge in [-0.1, -0.05) is 38.7 Å². The number of halogens is 4. The third-order valence-corrected chi connectivity index (χ3v) is 8.63. The second-order valence-electron chi connectivity index (χ2n) is 10.4. The number of hydrogen-bond acceptors (Lipinski definition) is 0. The predicted octanol–water partition coefficient (Wildman–Crippen LogP) is 8.44. The molecule has 1 aromatic carbocycles. The molecule has 3 aliphatic carbocycles. The third kappa shape index (κ3) is 4.88. The molecular weight excluding hydrogens is 388 g/mol. The van der Waals surface area contributed by atoms with E-state index in [4.69, 9.17) is 0 Å². The Bertz CT molecular complexity index is 709. The van der Waals surface area contributed by atoms with E-state index in [1.54, 1.807) is 0 Å². The Balaban J connectivity index is 1.29. The van der Waals surface area contributed by atoms with Crippen molar-refractivity contribution >= 4 is 0 Å². The van der Waals surface area contributed by atoms with Gasteiger partial charge < -0.3 is 0 Å². The number of aryl methyl sites for hydroxylation is 1. The van der Waals surface area contributed by atoms with Gasteiger partial charge in [0.2, 0.25) is 0 Å². The van der Waals surface area contributed by atoms with Crippen LogP contribution < -0.4 is 0 Å². The van der Waals surface area contributed by atoms with E-state index in [1.807, 2.05) is 0 Å². The zero-order chi connectivity index (χ0) is 21.3. The number of fused-ring (bicyclic) bond motifs is 3. The second-order valence-corrected chi connectivity index (χ2v) is 10.4. The summed E-state index contributed by atoms with van der Waals surface area (Å²) >= 11 is 0. The summed E-state index contributed by atoms with van der Waals surface area (Å²) in [7, 11) is 0. The zero-order valence-electron chi connectivity index (χ0n) is 18.2. The molecule has 0 radical (unpaired) electrons. The van der Waals surface area contributed by atoms with E-state index in [-0.39, 0.29) is 0 Å². The van der Waals surface area contributed by atoms with Gasteiger partial charge in [-0.05, 0) is 105 Å². The molecule has 4 heteroatoms. The van der Waals surface area contributed by atoms with Crippen LogP contribution in [0.5, 0.6) is 0 Å². The number of benzene rings is 1. The van der Waals surface area contributed by atoms with Crippen molar-refractivity contribution in [3.8, 4) is 0 Å². The van der Waals surface area contributed by atoms with Crippen LogP contribution in [0.25, 0.3) is 0 Å². The van der Waals surface area contributed by atoms with Crippen LogP contribution in [0.15, 0.2) is 18.2 Å². The Labute approximate surface area is 178 Å². The highest BCUT2D eigenvalue weighted by molar-refractivity contribution is 5.26. The first-order valence-electron chi connectivity index (χ1n) is 12.2. The van der Waals surface area contributed by atoms with Gasteiger partial charge in [0.15, 0.2) is 0 Å². The lowest BCUT2D eigenvalue weighted by Gasteiger charge is -2.51. The molecule has 3 fully saturated rings. The van der Waals surface area contributed by atoms with Gasteiger partial charge in [-0.25, -0.2) is 4.39 Å². The van der Waals surface area contributed by atoms with Crippen molar-refractivity contribution < 1.29 is 17.6 Å². The fraction of sp³-hybridized carbons (Fsp3) is 0.769. The monoisotopic (exact) mass is 424 g/mol. The molecule has 168 valence electrons. The second kappa shape index (κ2) is 9.20. The van der Waals surface area contributed by atoms with Gasteiger partial charge in [0.05, 0.1) is 5.56 Å². The molecule has 0 nitrogen and oxygen atoms in total. The van der Waals surface area contributed by atoms with E-state index in [1.165, 1.54) is 70.3 Å². The maximum Gasteiger partial charge on any atom is 0.419 e. The van der Waals surface area contributed by atoms with Crippen LogP contribution in [-0.2, 0) is 12.6 Å². The summed E-state index contributed by atoms with van der Waals surface area (Å²) < 4.78 is 52.1. The van der Waals surface area contributed by atoms with E-state index < -0.39 is 17.6 Å². The van der Waals surface area contributed by atoms with Gasteiger partial charge >= 0.3 is 6.18 Å². The van der Waals surface area contributed by atoms with E-state index in [0.29, 0.717) is 17.9 Å². The highest BCUT2D eigenvalue weighted by Crippen LogP contribution is 2.54. The van der Waals surface area contributed by atoms with Crippen molar-refractivity contribution in [3.63, 3.8) is 0 Å². The minimum atomic E-state index is -4.62. The van der Waals surface area contributed by atoms with Crippen molar-refractivity contribution in [1.29, 1.82) is 0 Å². The first-order valence-corrected chi connectivity index (χ1v) is 12.2. The van der Waals surface area contributed by atoms with Gasteiger partial charge in [-0.3, -0.25) is 0 Å². The minimum Gasteiger partial charge on any atom is -0.206 e. The lowest BCUT2D eigenvalue weighted by atomic mass is 9.55. The van der Waals surface area contributed by atoms with Crippen molar-refractivity contribution in [2.24, 2.45) is 35.5 Å². The molecule has 0 amide bonds. The molecule has 0 N–H and O–H groups in total. The summed E-state index contributed by atoms with van der Waals surface area (Å²) in [4.78, 5) is 0. The van der Waals surface area contributed by atoms with Gasteiger partial charge in [-0.15, -0.1) is 0 Å². The quantitative estimate of drug-likeness (QED) is 0.416. The Kier molecular flexibility index (Phi) is 6.79. The van der Waals surface area contributed by atoms with E-state index in [0.717, 1.165) is 48.1 Å². The van der Waals surface area contributed by atoms with Crippen molar-refractivity contribution in [1.82, 2.24) is 0 Å². The van der Waals surface area contributed by atoms with Crippen LogP contribution in [0.2, 0.25) is 0 Å². The minimum absolute atomic E-state index is 0.643. The van der Waals surface area contributed by atoms with Crippen molar-refractivity contribution in [2.45, 2.75) is 90.1 Å². The first-order chi connectivity index (χ1) is 14.3. The molecule has 0 aliphatic heterocycles. The van der Waals surface area contributed by atoms with Crippen molar-refractivity contribution in [3.05, 3.63) is 35.1 Å². The summed E-state index contributed by atoms with van der Waals surface area (Å²) in [5, 5.41) is 0. The molecule has 3 saturated carbocycles. The molecule has 4 rings (SSSR count). The lowest BCUT2D eigenvalue weighted by molar-refractivity contribution is -0.140. The SMILES string of the molecule is CCC[C@@H]1CC[C@H]2[C@H](CC[C@H]3CC(CCc4ccc(C(F)(F)F)c(F)c4)CC[C@@H]32)C1. The molecule has 0 aromatic heterocycles. The largest absolute Gasteiger partial charge is 0.419 e. The fourth-order valence-electron chi connectivity index (χ4n) is 7.24. The van der Waals surface area contributed by atoms with Crippen LogP contribution in [0.1, 0.15) is 88.7 Å². The van der Waals surface area contributed by atoms with Gasteiger partial charge in [0.1, 0.15) is 5.82 Å². The summed E-state index contributed by atoms with van der Waals surface area (Å²) in [5.41, 5.74) is -0.460. The maximum absolute atomic E-state index is 13.8. The molecule has 3 aliphatic rings. The highest BCUT2D eigenvalue weighted by atomic mass is 19.4. The summed E-state index contributed by atoms with van der Waals surface area (Å²) in [5.74, 6) is 4.13. The normalized spacial score (nSPS) is 34.3. The molecule has 0 heterocycles. The number of hydrogen-bond donors (Lipinski definition) is 0. The van der Waals surface area contributed by atoms with Crippen molar-refractivity contribution in [2.75, 3.05) is 0 Å². The van der Waals surface area contributed by atoms with Crippen LogP contribution in [0, 0.1) is 41.3 Å². The fourth-order valence-corrected chi connectivity index (χ4v) is 7.24. The van der Waals surface area contributed by atoms with E-state index in [9.17, 15) is 17.6 Å². The molecule has 1 unspecified atom stereocenters. The van der Waals surface area contributed by atoms with Crippen LogP contribution in [-0.4, -0.2) is 0 Å². The average Bonchev–Trinajstić information content (AvgIpc) is 2.71. The molecule has 0 saturated heterocycles. The lowest BCUT2D eigenvalue weighted by Crippen LogP contribution is -2.41. The topological polar surface area (TPSA) is 0 Å². The molecule has 6 atom stereocenters. The highest BCUT2D eigenvalue weighted by Gasteiger charge is 2.44. The van der Waals surface area contributed by atoms with E-state index in [2.05, 4.69) is 6.92 Å². The van der Waals surface area contributed by atoms with Gasteiger partial charge in [0, 0.05) is 0 Å². The first kappa shape index (κ1) is 22.1. The van der Waals surface area contributed by atoms with Gasteiger partial charge in [0.25, 0.3) is 0 Å². The number of rotatable bonds is 5. The zero-order valence-corrected chi connectivity index (χ0v) is 18.2. The molecule has 0 spiro atoms.